The summed E-state index contributed by atoms with van der Waals surface area (Å²) < 4.78 is 22.4. The van der Waals surface area contributed by atoms with Crippen molar-refractivity contribution in [3.05, 3.63) is 109 Å². The van der Waals surface area contributed by atoms with Crippen LogP contribution in [0.15, 0.2) is 109 Å². The summed E-state index contributed by atoms with van der Waals surface area (Å²) in [4.78, 5) is 36.9. The number of hydrogen-bond acceptors (Lipinski definition) is 8. The van der Waals surface area contributed by atoms with E-state index in [9.17, 15) is 19.5 Å². The number of allylic oxidation sites excluding steroid dienone is 18. The molecule has 0 aliphatic rings. The molecule has 0 bridgehead atoms. The summed E-state index contributed by atoms with van der Waals surface area (Å²) in [7, 11) is 5.88. The second-order valence-electron chi connectivity index (χ2n) is 17.0. The van der Waals surface area contributed by atoms with Crippen molar-refractivity contribution in [1.82, 2.24) is 0 Å². The lowest BCUT2D eigenvalue weighted by Gasteiger charge is -2.26. The number of carboxylic acids is 1. The minimum Gasteiger partial charge on any atom is -0.545 e. The van der Waals surface area contributed by atoms with E-state index in [0.29, 0.717) is 17.4 Å². The number of quaternary nitrogens is 1. The summed E-state index contributed by atoms with van der Waals surface area (Å²) in [6.45, 7) is 4.52. The first-order valence-electron chi connectivity index (χ1n) is 24.5. The molecule has 0 spiro atoms. The first-order chi connectivity index (χ1) is 31.1. The Morgan fingerprint density at radius 3 is 1.33 bits per heavy atom. The Morgan fingerprint density at radius 1 is 0.484 bits per heavy atom. The molecule has 0 aromatic heterocycles. The lowest BCUT2D eigenvalue weighted by Crippen LogP contribution is -2.44. The molecule has 0 aromatic rings. The normalized spacial score (nSPS) is 13.8. The summed E-state index contributed by atoms with van der Waals surface area (Å²) in [6.07, 6.45) is 58.6. The Morgan fingerprint density at radius 2 is 0.891 bits per heavy atom. The summed E-state index contributed by atoms with van der Waals surface area (Å²) in [6, 6.07) is 0. The maximum atomic E-state index is 12.7. The van der Waals surface area contributed by atoms with Gasteiger partial charge in [-0.2, -0.15) is 0 Å². The van der Waals surface area contributed by atoms with Gasteiger partial charge in [-0.05, 0) is 83.5 Å². The fraction of sp³-hybridized carbons (Fsp3) is 0.618. The smallest absolute Gasteiger partial charge is 0.306 e. The van der Waals surface area contributed by atoms with Crippen molar-refractivity contribution in [3.63, 3.8) is 0 Å². The average Bonchev–Trinajstić information content (AvgIpc) is 3.26. The van der Waals surface area contributed by atoms with Crippen LogP contribution in [-0.4, -0.2) is 82.3 Å². The van der Waals surface area contributed by atoms with Gasteiger partial charge in [-0.25, -0.2) is 0 Å². The molecule has 0 N–H and O–H groups in total. The highest BCUT2D eigenvalue weighted by Crippen LogP contribution is 2.12. The minimum absolute atomic E-state index is 0.135. The predicted octanol–water partition coefficient (Wildman–Crippen LogP) is 12.3. The topological polar surface area (TPSA) is 111 Å². The fourth-order valence-corrected chi connectivity index (χ4v) is 6.00. The van der Waals surface area contributed by atoms with Gasteiger partial charge in [0.25, 0.3) is 0 Å². The van der Waals surface area contributed by atoms with Crippen LogP contribution in [0.3, 0.4) is 0 Å². The highest BCUT2D eigenvalue weighted by atomic mass is 16.7. The Labute approximate surface area is 390 Å². The lowest BCUT2D eigenvalue weighted by molar-refractivity contribution is -0.870. The molecule has 9 heteroatoms. The zero-order chi connectivity index (χ0) is 47.0. The highest BCUT2D eigenvalue weighted by molar-refractivity contribution is 5.70. The molecule has 0 fully saturated rings. The van der Waals surface area contributed by atoms with Gasteiger partial charge in [0.15, 0.2) is 12.4 Å². The molecule has 64 heavy (non-hydrogen) atoms. The van der Waals surface area contributed by atoms with Crippen LogP contribution in [0.4, 0.5) is 0 Å². The molecule has 0 radical (unpaired) electrons. The van der Waals surface area contributed by atoms with Crippen LogP contribution < -0.4 is 5.11 Å². The summed E-state index contributed by atoms with van der Waals surface area (Å²) in [5, 5.41) is 11.7. The van der Waals surface area contributed by atoms with Gasteiger partial charge in [0.2, 0.25) is 0 Å². The number of carbonyl (C=O) groups excluding carboxylic acids is 3. The van der Waals surface area contributed by atoms with Crippen molar-refractivity contribution in [2.24, 2.45) is 0 Å². The molecular formula is C55H89NO8. The number of esters is 2. The molecule has 2 atom stereocenters. The van der Waals surface area contributed by atoms with E-state index in [1.54, 1.807) is 0 Å². The van der Waals surface area contributed by atoms with Crippen molar-refractivity contribution in [1.29, 1.82) is 0 Å². The lowest BCUT2D eigenvalue weighted by atomic mass is 10.1. The molecule has 9 nitrogen and oxygen atoms in total. The Hall–Kier alpha value is -4.05. The van der Waals surface area contributed by atoms with Gasteiger partial charge in [0, 0.05) is 12.8 Å². The number of carboxylic acid groups (broad SMARTS) is 1. The molecule has 0 saturated carbocycles. The zero-order valence-electron chi connectivity index (χ0n) is 40.9. The van der Waals surface area contributed by atoms with Crippen LogP contribution in [0, 0.1) is 0 Å². The van der Waals surface area contributed by atoms with Crippen LogP contribution in [0.25, 0.3) is 0 Å². The Kier molecular flexibility index (Phi) is 42.6. The van der Waals surface area contributed by atoms with E-state index in [0.717, 1.165) is 96.3 Å². The monoisotopic (exact) mass is 892 g/mol. The first kappa shape index (κ1) is 60.0. The number of nitrogens with zero attached hydrogens (tertiary/aromatic N) is 1. The van der Waals surface area contributed by atoms with Crippen LogP contribution in [0.5, 0.6) is 0 Å². The molecule has 362 valence electrons. The van der Waals surface area contributed by atoms with Gasteiger partial charge in [0.05, 0.1) is 40.3 Å². The van der Waals surface area contributed by atoms with Crippen molar-refractivity contribution in [2.45, 2.75) is 174 Å². The zero-order valence-corrected chi connectivity index (χ0v) is 40.9. The van der Waals surface area contributed by atoms with Gasteiger partial charge in [0.1, 0.15) is 13.2 Å². The SMILES string of the molecule is CC/C=C\C/C=C\C/C=C\C/C=C\C/C=C\C/C=C\C/C=C\C/C=C\C/C=C\CCCCCC(=O)OC(COC(=O)CCCCCCCCCC)COC(OCC[N+](C)(C)C)C(=O)[O-]. The maximum Gasteiger partial charge on any atom is 0.306 e. The van der Waals surface area contributed by atoms with Crippen LogP contribution in [0.1, 0.15) is 162 Å². The number of unbranched alkanes of at least 4 members (excludes halogenated alkanes) is 10. The van der Waals surface area contributed by atoms with E-state index in [4.69, 9.17) is 18.9 Å². The highest BCUT2D eigenvalue weighted by Gasteiger charge is 2.21. The number of hydrogen-bond donors (Lipinski definition) is 0. The number of carbonyl (C=O) groups is 3. The van der Waals surface area contributed by atoms with E-state index in [1.165, 1.54) is 32.1 Å². The van der Waals surface area contributed by atoms with E-state index >= 15 is 0 Å². The molecule has 0 rings (SSSR count). The van der Waals surface area contributed by atoms with E-state index in [2.05, 4.69) is 123 Å². The van der Waals surface area contributed by atoms with Crippen molar-refractivity contribution in [3.8, 4) is 0 Å². The molecule has 0 amide bonds. The van der Waals surface area contributed by atoms with Crippen LogP contribution in [-0.2, 0) is 33.3 Å². The van der Waals surface area contributed by atoms with E-state index in [-0.39, 0.29) is 38.6 Å². The van der Waals surface area contributed by atoms with Gasteiger partial charge in [-0.1, -0.05) is 175 Å². The molecular weight excluding hydrogens is 803 g/mol. The second kappa shape index (κ2) is 45.5. The van der Waals surface area contributed by atoms with Gasteiger partial charge < -0.3 is 33.3 Å². The number of rotatable bonds is 43. The third-order valence-corrected chi connectivity index (χ3v) is 9.78. The van der Waals surface area contributed by atoms with Crippen LogP contribution >= 0.6 is 0 Å². The predicted molar refractivity (Wildman–Crippen MR) is 264 cm³/mol. The Balaban J connectivity index is 4.32. The molecule has 0 aliphatic carbocycles. The van der Waals surface area contributed by atoms with E-state index < -0.39 is 24.3 Å². The maximum absolute atomic E-state index is 12.7. The Bertz CT molecular complexity index is 1410. The fourth-order valence-electron chi connectivity index (χ4n) is 6.00. The number of likely N-dealkylation sites (N-methyl/N-ethyl adjacent to an activating group) is 1. The minimum atomic E-state index is -1.63. The summed E-state index contributed by atoms with van der Waals surface area (Å²) in [5.41, 5.74) is 0. The van der Waals surface area contributed by atoms with Crippen molar-refractivity contribution >= 4 is 17.9 Å². The third-order valence-electron chi connectivity index (χ3n) is 9.78. The molecule has 0 heterocycles. The number of ether oxygens (including phenoxy) is 4. The van der Waals surface area contributed by atoms with Gasteiger partial charge in [-0.15, -0.1) is 0 Å². The van der Waals surface area contributed by atoms with Crippen LogP contribution in [0.2, 0.25) is 0 Å². The van der Waals surface area contributed by atoms with Crippen molar-refractivity contribution < 1.29 is 42.9 Å². The molecule has 0 saturated heterocycles. The second-order valence-corrected chi connectivity index (χ2v) is 17.0. The van der Waals surface area contributed by atoms with Crippen molar-refractivity contribution in [2.75, 3.05) is 47.5 Å². The number of aliphatic carboxylic acids is 1. The average molecular weight is 892 g/mol. The standard InChI is InChI=1S/C55H89NO8/c1-6-8-10-12-14-16-17-18-19-20-21-22-23-24-25-26-27-28-29-30-31-32-33-34-35-36-37-38-40-42-44-46-53(58)64-51(50-63-55(54(59)60)61-48-47-56(3,4)5)49-62-52(57)45-43-41-39-15-13-11-9-7-2/h8,10,14,16,18-19,21-22,24-25,27-28,30-31,33-34,36-37,51,55H,6-7,9,11-13,15,17,20,23,26,29,32,35,38-50H2,1-5H3/b10-8-,16-14-,19-18-,22-21-,25-24-,28-27-,31-30-,34-33-,37-36-. The van der Waals surface area contributed by atoms with Gasteiger partial charge >= 0.3 is 11.9 Å². The largest absolute Gasteiger partial charge is 0.545 e. The molecule has 0 aromatic carbocycles. The van der Waals surface area contributed by atoms with E-state index in [1.807, 2.05) is 21.1 Å². The third kappa shape index (κ3) is 46.0. The molecule has 2 unspecified atom stereocenters. The first-order valence-corrected chi connectivity index (χ1v) is 24.5. The summed E-state index contributed by atoms with van der Waals surface area (Å²) in [5.74, 6) is -2.35. The summed E-state index contributed by atoms with van der Waals surface area (Å²) >= 11 is 0. The quantitative estimate of drug-likeness (QED) is 0.0196. The van der Waals surface area contributed by atoms with Gasteiger partial charge in [-0.3, -0.25) is 9.59 Å². The molecule has 0 aliphatic heterocycles.